The second-order valence-electron chi connectivity index (χ2n) is 5.17. The number of rotatable bonds is 5. The van der Waals surface area contributed by atoms with Gasteiger partial charge in [-0.05, 0) is 37.6 Å². The van der Waals surface area contributed by atoms with Gasteiger partial charge in [0.2, 0.25) is 5.89 Å². The number of thiophene rings is 1. The quantitative estimate of drug-likeness (QED) is 0.845. The highest BCUT2D eigenvalue weighted by molar-refractivity contribution is 7.99. The largest absolute Gasteiger partial charge is 0.419 e. The maximum atomic E-state index is 5.77. The van der Waals surface area contributed by atoms with Crippen LogP contribution in [0.1, 0.15) is 25.2 Å². The van der Waals surface area contributed by atoms with Gasteiger partial charge in [-0.1, -0.05) is 12.5 Å². The minimum absolute atomic E-state index is 0.627. The van der Waals surface area contributed by atoms with Gasteiger partial charge in [0.1, 0.15) is 0 Å². The Labute approximate surface area is 127 Å². The Bertz CT molecular complexity index is 540. The molecule has 0 amide bonds. The normalized spacial score (nSPS) is 22.8. The van der Waals surface area contributed by atoms with Crippen LogP contribution in [0.15, 0.2) is 21.9 Å². The predicted molar refractivity (Wildman–Crippen MR) is 84.0 cm³/mol. The van der Waals surface area contributed by atoms with Gasteiger partial charge in [-0.25, -0.2) is 0 Å². The zero-order valence-corrected chi connectivity index (χ0v) is 13.4. The summed E-state index contributed by atoms with van der Waals surface area (Å²) < 4.78 is 5.77. The van der Waals surface area contributed by atoms with Crippen LogP contribution in [0.25, 0.3) is 10.8 Å². The summed E-state index contributed by atoms with van der Waals surface area (Å²) in [4.78, 5) is 3.40. The summed E-state index contributed by atoms with van der Waals surface area (Å²) >= 11 is 3.60. The fourth-order valence-electron chi connectivity index (χ4n) is 2.83. The molecule has 6 heteroatoms. The SMILES string of the molecule is CS[C@@H]1CCC[C@@H]1N(C)Cc1nnc(-c2cccs2)o1. The van der Waals surface area contributed by atoms with E-state index in [1.807, 2.05) is 29.3 Å². The maximum absolute atomic E-state index is 5.77. The third-order valence-corrected chi connectivity index (χ3v) is 5.88. The molecule has 4 nitrogen and oxygen atoms in total. The van der Waals surface area contributed by atoms with Crippen LogP contribution in [0.3, 0.4) is 0 Å². The van der Waals surface area contributed by atoms with Crippen molar-refractivity contribution in [1.82, 2.24) is 15.1 Å². The molecule has 0 radical (unpaired) electrons. The molecule has 20 heavy (non-hydrogen) atoms. The molecule has 0 N–H and O–H groups in total. The van der Waals surface area contributed by atoms with Gasteiger partial charge in [0, 0.05) is 11.3 Å². The molecule has 3 rings (SSSR count). The standard InChI is InChI=1S/C14H19N3OS2/c1-17(10-5-3-6-11(10)19-2)9-13-15-16-14(18-13)12-7-4-8-20-12/h4,7-8,10-11H,3,5-6,9H2,1-2H3/t10-,11+/m0/s1. The van der Waals surface area contributed by atoms with Gasteiger partial charge in [0.05, 0.1) is 11.4 Å². The lowest BCUT2D eigenvalue weighted by molar-refractivity contribution is 0.219. The summed E-state index contributed by atoms with van der Waals surface area (Å²) in [5, 5.41) is 11.1. The fraction of sp³-hybridized carbons (Fsp3) is 0.571. The first kappa shape index (κ1) is 14.1. The van der Waals surface area contributed by atoms with Gasteiger partial charge in [0.25, 0.3) is 5.89 Å². The second-order valence-corrected chi connectivity index (χ2v) is 7.19. The first-order chi connectivity index (χ1) is 9.78. The summed E-state index contributed by atoms with van der Waals surface area (Å²) in [5.41, 5.74) is 0. The number of hydrogen-bond donors (Lipinski definition) is 0. The van der Waals surface area contributed by atoms with E-state index >= 15 is 0 Å². The minimum atomic E-state index is 0.627. The van der Waals surface area contributed by atoms with Gasteiger partial charge in [-0.3, -0.25) is 4.90 Å². The predicted octanol–water partition coefficient (Wildman–Crippen LogP) is 3.51. The van der Waals surface area contributed by atoms with Crippen molar-refractivity contribution in [2.45, 2.75) is 37.1 Å². The van der Waals surface area contributed by atoms with Crippen molar-refractivity contribution in [3.05, 3.63) is 23.4 Å². The third kappa shape index (κ3) is 2.92. The van der Waals surface area contributed by atoms with E-state index in [-0.39, 0.29) is 0 Å². The summed E-state index contributed by atoms with van der Waals surface area (Å²) in [7, 11) is 2.16. The Morgan fingerprint density at radius 2 is 2.35 bits per heavy atom. The monoisotopic (exact) mass is 309 g/mol. The van der Waals surface area contributed by atoms with Crippen LogP contribution < -0.4 is 0 Å². The van der Waals surface area contributed by atoms with Gasteiger partial charge >= 0.3 is 0 Å². The molecule has 108 valence electrons. The Balaban J connectivity index is 1.66. The highest BCUT2D eigenvalue weighted by Crippen LogP contribution is 2.32. The molecule has 2 aromatic heterocycles. The molecule has 0 bridgehead atoms. The van der Waals surface area contributed by atoms with Crippen LogP contribution in [0.4, 0.5) is 0 Å². The van der Waals surface area contributed by atoms with Gasteiger partial charge in [-0.2, -0.15) is 11.8 Å². The van der Waals surface area contributed by atoms with E-state index in [9.17, 15) is 0 Å². The lowest BCUT2D eigenvalue weighted by Crippen LogP contribution is -2.35. The van der Waals surface area contributed by atoms with Crippen LogP contribution in [0, 0.1) is 0 Å². The van der Waals surface area contributed by atoms with Crippen LogP contribution in [-0.2, 0) is 6.54 Å². The third-order valence-electron chi connectivity index (χ3n) is 3.87. The van der Waals surface area contributed by atoms with E-state index in [2.05, 4.69) is 28.4 Å². The summed E-state index contributed by atoms with van der Waals surface area (Å²) in [5.74, 6) is 1.35. The highest BCUT2D eigenvalue weighted by atomic mass is 32.2. The lowest BCUT2D eigenvalue weighted by Gasteiger charge is -2.27. The Morgan fingerprint density at radius 1 is 1.45 bits per heavy atom. The van der Waals surface area contributed by atoms with Crippen LogP contribution in [0.2, 0.25) is 0 Å². The molecule has 2 aromatic rings. The Morgan fingerprint density at radius 3 is 3.10 bits per heavy atom. The molecule has 0 saturated heterocycles. The van der Waals surface area contributed by atoms with E-state index in [1.165, 1.54) is 19.3 Å². The van der Waals surface area contributed by atoms with Crippen molar-refractivity contribution in [1.29, 1.82) is 0 Å². The minimum Gasteiger partial charge on any atom is -0.419 e. The first-order valence-electron chi connectivity index (χ1n) is 6.87. The van der Waals surface area contributed by atoms with E-state index in [0.717, 1.165) is 16.7 Å². The molecule has 1 saturated carbocycles. The van der Waals surface area contributed by atoms with Crippen molar-refractivity contribution in [3.8, 4) is 10.8 Å². The van der Waals surface area contributed by atoms with Crippen molar-refractivity contribution < 1.29 is 4.42 Å². The molecule has 0 aromatic carbocycles. The van der Waals surface area contributed by atoms with Gasteiger partial charge in [0.15, 0.2) is 0 Å². The van der Waals surface area contributed by atoms with Gasteiger partial charge < -0.3 is 4.42 Å². The zero-order chi connectivity index (χ0) is 13.9. The average Bonchev–Trinajstić information content (AvgIpc) is 3.19. The topological polar surface area (TPSA) is 42.2 Å². The molecule has 1 fully saturated rings. The zero-order valence-electron chi connectivity index (χ0n) is 11.8. The summed E-state index contributed by atoms with van der Waals surface area (Å²) in [6.07, 6.45) is 6.12. The Kier molecular flexibility index (Phi) is 4.43. The Hall–Kier alpha value is -0.850. The van der Waals surface area contributed by atoms with Crippen molar-refractivity contribution in [2.24, 2.45) is 0 Å². The highest BCUT2D eigenvalue weighted by Gasteiger charge is 2.30. The van der Waals surface area contributed by atoms with Crippen molar-refractivity contribution >= 4 is 23.1 Å². The second kappa shape index (κ2) is 6.28. The molecule has 1 aliphatic rings. The molecule has 2 heterocycles. The molecule has 2 atom stereocenters. The smallest absolute Gasteiger partial charge is 0.257 e. The number of hydrogen-bond acceptors (Lipinski definition) is 6. The first-order valence-corrected chi connectivity index (χ1v) is 9.04. The van der Waals surface area contributed by atoms with E-state index in [4.69, 9.17) is 4.42 Å². The number of aromatic nitrogens is 2. The molecule has 1 aliphatic carbocycles. The van der Waals surface area contributed by atoms with E-state index in [0.29, 0.717) is 17.8 Å². The summed E-state index contributed by atoms with van der Waals surface area (Å²) in [6, 6.07) is 4.63. The van der Waals surface area contributed by atoms with Crippen molar-refractivity contribution in [3.63, 3.8) is 0 Å². The molecule has 0 unspecified atom stereocenters. The van der Waals surface area contributed by atoms with Crippen molar-refractivity contribution in [2.75, 3.05) is 13.3 Å². The van der Waals surface area contributed by atoms with Crippen LogP contribution >= 0.6 is 23.1 Å². The maximum Gasteiger partial charge on any atom is 0.257 e. The van der Waals surface area contributed by atoms with Gasteiger partial charge in [-0.15, -0.1) is 21.5 Å². The molecule has 0 aliphatic heterocycles. The lowest BCUT2D eigenvalue weighted by atomic mass is 10.2. The molecular formula is C14H19N3OS2. The molecular weight excluding hydrogens is 290 g/mol. The number of nitrogens with zero attached hydrogens (tertiary/aromatic N) is 3. The average molecular weight is 309 g/mol. The molecule has 0 spiro atoms. The van der Waals surface area contributed by atoms with Crippen LogP contribution in [0.5, 0.6) is 0 Å². The van der Waals surface area contributed by atoms with Crippen LogP contribution in [-0.4, -0.2) is 39.7 Å². The summed E-state index contributed by atoms with van der Waals surface area (Å²) in [6.45, 7) is 0.736. The van der Waals surface area contributed by atoms with E-state index < -0.39 is 0 Å². The number of thioether (sulfide) groups is 1. The van der Waals surface area contributed by atoms with E-state index in [1.54, 1.807) is 11.3 Å². The fourth-order valence-corrected chi connectivity index (χ4v) is 4.54.